The maximum Gasteiger partial charge on any atom is 0.277 e. The van der Waals surface area contributed by atoms with Crippen LogP contribution in [-0.2, 0) is 18.0 Å². The summed E-state index contributed by atoms with van der Waals surface area (Å²) in [6, 6.07) is 7.59. The molecule has 0 saturated carbocycles. The van der Waals surface area contributed by atoms with Gasteiger partial charge in [-0.15, -0.1) is 0 Å². The van der Waals surface area contributed by atoms with Gasteiger partial charge >= 0.3 is 0 Å². The van der Waals surface area contributed by atoms with E-state index in [9.17, 15) is 4.79 Å². The first-order chi connectivity index (χ1) is 7.75. The van der Waals surface area contributed by atoms with Crippen LogP contribution in [0.15, 0.2) is 33.5 Å². The van der Waals surface area contributed by atoms with Crippen LogP contribution in [0.3, 0.4) is 0 Å². The number of benzene rings is 1. The van der Waals surface area contributed by atoms with Gasteiger partial charge in [-0.3, -0.25) is 9.89 Å². The summed E-state index contributed by atoms with van der Waals surface area (Å²) in [6.45, 7) is 0.905. The van der Waals surface area contributed by atoms with Crippen LogP contribution in [0.2, 0.25) is 0 Å². The van der Waals surface area contributed by atoms with Crippen LogP contribution in [0.5, 0.6) is 0 Å². The molecule has 1 aliphatic rings. The average molecular weight is 281 g/mol. The molecule has 5 heteroatoms. The fourth-order valence-corrected chi connectivity index (χ4v) is 2.08. The van der Waals surface area contributed by atoms with Crippen LogP contribution in [0.4, 0.5) is 0 Å². The van der Waals surface area contributed by atoms with Crippen molar-refractivity contribution in [2.24, 2.45) is 0 Å². The number of nitrogens with one attached hydrogen (secondary N) is 1. The van der Waals surface area contributed by atoms with Gasteiger partial charge in [0.1, 0.15) is 0 Å². The second kappa shape index (κ2) is 3.61. The number of aromatic amines is 1. The maximum atomic E-state index is 12.0. The number of H-pyrrole nitrogens is 1. The molecule has 0 saturated heterocycles. The SMILES string of the molecule is O=c1c2c([nH]n1-c1ccc(Br)cc1)COC2. The van der Waals surface area contributed by atoms with Crippen LogP contribution in [0, 0.1) is 0 Å². The van der Waals surface area contributed by atoms with Crippen LogP contribution in [0.1, 0.15) is 11.3 Å². The Kier molecular flexibility index (Phi) is 2.22. The fraction of sp³-hybridized carbons (Fsp3) is 0.182. The number of aromatic nitrogens is 2. The summed E-state index contributed by atoms with van der Waals surface area (Å²) in [5.74, 6) is 0. The molecule has 0 bridgehead atoms. The van der Waals surface area contributed by atoms with Crippen molar-refractivity contribution in [3.05, 3.63) is 50.3 Å². The van der Waals surface area contributed by atoms with Crippen molar-refractivity contribution in [1.82, 2.24) is 9.78 Å². The van der Waals surface area contributed by atoms with E-state index in [0.717, 1.165) is 21.4 Å². The molecule has 0 amide bonds. The lowest BCUT2D eigenvalue weighted by molar-refractivity contribution is 0.130. The second-order valence-corrected chi connectivity index (χ2v) is 4.59. The third kappa shape index (κ3) is 1.44. The lowest BCUT2D eigenvalue weighted by Gasteiger charge is -2.02. The molecule has 2 aromatic rings. The lowest BCUT2D eigenvalue weighted by atomic mass is 10.3. The molecule has 82 valence electrons. The number of halogens is 1. The van der Waals surface area contributed by atoms with Crippen LogP contribution in [0.25, 0.3) is 5.69 Å². The molecule has 1 aliphatic heterocycles. The van der Waals surface area contributed by atoms with Crippen LogP contribution in [-0.4, -0.2) is 9.78 Å². The van der Waals surface area contributed by atoms with Gasteiger partial charge in [0.2, 0.25) is 0 Å². The van der Waals surface area contributed by atoms with Crippen LogP contribution >= 0.6 is 15.9 Å². The smallest absolute Gasteiger partial charge is 0.277 e. The van der Waals surface area contributed by atoms with E-state index in [-0.39, 0.29) is 5.56 Å². The quantitative estimate of drug-likeness (QED) is 0.868. The van der Waals surface area contributed by atoms with Crippen molar-refractivity contribution < 1.29 is 4.74 Å². The summed E-state index contributed by atoms with van der Waals surface area (Å²) in [6.07, 6.45) is 0. The van der Waals surface area contributed by atoms with Gasteiger partial charge < -0.3 is 4.74 Å². The minimum Gasteiger partial charge on any atom is -0.370 e. The Morgan fingerprint density at radius 1 is 1.25 bits per heavy atom. The molecule has 1 aromatic heterocycles. The molecule has 2 heterocycles. The number of hydrogen-bond acceptors (Lipinski definition) is 2. The Hall–Kier alpha value is -1.33. The highest BCUT2D eigenvalue weighted by Gasteiger charge is 2.20. The molecule has 0 atom stereocenters. The molecule has 0 aliphatic carbocycles. The van der Waals surface area contributed by atoms with Gasteiger partial charge in [-0.25, -0.2) is 4.68 Å². The maximum absolute atomic E-state index is 12.0. The summed E-state index contributed by atoms with van der Waals surface area (Å²) < 4.78 is 7.74. The van der Waals surface area contributed by atoms with Crippen molar-refractivity contribution in [3.8, 4) is 5.69 Å². The first kappa shape index (κ1) is 9.86. The molecule has 1 N–H and O–H groups in total. The highest BCUT2D eigenvalue weighted by molar-refractivity contribution is 9.10. The molecule has 0 radical (unpaired) electrons. The monoisotopic (exact) mass is 280 g/mol. The molecule has 0 spiro atoms. The van der Waals surface area contributed by atoms with E-state index in [1.165, 1.54) is 0 Å². The third-order valence-electron chi connectivity index (χ3n) is 2.65. The molecular formula is C11H9BrN2O2. The first-order valence-corrected chi connectivity index (χ1v) is 5.71. The predicted molar refractivity (Wildman–Crippen MR) is 62.6 cm³/mol. The zero-order valence-corrected chi connectivity index (χ0v) is 9.95. The van der Waals surface area contributed by atoms with Gasteiger partial charge in [0, 0.05) is 4.47 Å². The lowest BCUT2D eigenvalue weighted by Crippen LogP contribution is -2.17. The molecule has 3 rings (SSSR count). The number of rotatable bonds is 1. The number of hydrogen-bond donors (Lipinski definition) is 1. The van der Waals surface area contributed by atoms with Crippen molar-refractivity contribution in [2.75, 3.05) is 0 Å². The summed E-state index contributed by atoms with van der Waals surface area (Å²) in [5, 5.41) is 3.06. The van der Waals surface area contributed by atoms with Gasteiger partial charge in [0.05, 0.1) is 30.2 Å². The number of fused-ring (bicyclic) bond motifs is 1. The van der Waals surface area contributed by atoms with E-state index in [1.54, 1.807) is 4.68 Å². The third-order valence-corrected chi connectivity index (χ3v) is 3.18. The Labute approximate surface area is 100.0 Å². The molecule has 16 heavy (non-hydrogen) atoms. The fourth-order valence-electron chi connectivity index (χ4n) is 1.81. The first-order valence-electron chi connectivity index (χ1n) is 4.92. The van der Waals surface area contributed by atoms with E-state index < -0.39 is 0 Å². The topological polar surface area (TPSA) is 47.0 Å². The van der Waals surface area contributed by atoms with E-state index in [2.05, 4.69) is 21.0 Å². The molecular weight excluding hydrogens is 272 g/mol. The largest absolute Gasteiger partial charge is 0.370 e. The van der Waals surface area contributed by atoms with Gasteiger partial charge in [-0.1, -0.05) is 15.9 Å². The molecule has 4 nitrogen and oxygen atoms in total. The Morgan fingerprint density at radius 2 is 2.00 bits per heavy atom. The Bertz CT molecular complexity index is 583. The zero-order valence-electron chi connectivity index (χ0n) is 8.37. The van der Waals surface area contributed by atoms with Gasteiger partial charge in [-0.2, -0.15) is 0 Å². The van der Waals surface area contributed by atoms with E-state index in [0.29, 0.717) is 13.2 Å². The highest BCUT2D eigenvalue weighted by atomic mass is 79.9. The Balaban J connectivity index is 2.14. The van der Waals surface area contributed by atoms with Crippen molar-refractivity contribution in [2.45, 2.75) is 13.2 Å². The average Bonchev–Trinajstić information content (AvgIpc) is 2.84. The normalized spacial score (nSPS) is 14.1. The van der Waals surface area contributed by atoms with E-state index in [1.807, 2.05) is 24.3 Å². The highest BCUT2D eigenvalue weighted by Crippen LogP contribution is 2.17. The zero-order chi connectivity index (χ0) is 11.1. The van der Waals surface area contributed by atoms with E-state index in [4.69, 9.17) is 4.74 Å². The second-order valence-electron chi connectivity index (χ2n) is 3.68. The molecule has 1 aromatic carbocycles. The van der Waals surface area contributed by atoms with Gasteiger partial charge in [-0.05, 0) is 24.3 Å². The minimum atomic E-state index is -0.0187. The summed E-state index contributed by atoms with van der Waals surface area (Å²) >= 11 is 3.36. The summed E-state index contributed by atoms with van der Waals surface area (Å²) in [7, 11) is 0. The van der Waals surface area contributed by atoms with Crippen molar-refractivity contribution >= 4 is 15.9 Å². The van der Waals surface area contributed by atoms with Crippen molar-refractivity contribution in [1.29, 1.82) is 0 Å². The molecule has 0 unspecified atom stereocenters. The number of nitrogens with zero attached hydrogens (tertiary/aromatic N) is 1. The summed E-state index contributed by atoms with van der Waals surface area (Å²) in [4.78, 5) is 12.0. The minimum absolute atomic E-state index is 0.0187. The predicted octanol–water partition coefficient (Wildman–Crippen LogP) is 1.96. The van der Waals surface area contributed by atoms with Gasteiger partial charge in [0.15, 0.2) is 0 Å². The van der Waals surface area contributed by atoms with Crippen molar-refractivity contribution in [3.63, 3.8) is 0 Å². The standard InChI is InChI=1S/C11H9BrN2O2/c12-7-1-3-8(4-2-7)14-11(15)9-5-16-6-10(9)13-14/h1-4,13H,5-6H2. The molecule has 0 fully saturated rings. The van der Waals surface area contributed by atoms with Crippen LogP contribution < -0.4 is 5.56 Å². The van der Waals surface area contributed by atoms with Gasteiger partial charge in [0.25, 0.3) is 5.56 Å². The van der Waals surface area contributed by atoms with E-state index >= 15 is 0 Å². The summed E-state index contributed by atoms with van der Waals surface area (Å²) in [5.41, 5.74) is 2.44. The Morgan fingerprint density at radius 3 is 2.69 bits per heavy atom. The number of ether oxygens (including phenoxy) is 1.